The van der Waals surface area contributed by atoms with Crippen LogP contribution in [0.15, 0.2) is 23.1 Å². The van der Waals surface area contributed by atoms with Crippen LogP contribution >= 0.6 is 11.8 Å². The van der Waals surface area contributed by atoms with Crippen LogP contribution < -0.4 is 0 Å². The fourth-order valence-electron chi connectivity index (χ4n) is 4.23. The standard InChI is InChI=1S/C24H40S/c1-5-6-7-8-9-10-11-12-13-14-15-21-16-17-23-22(18-21)20(2)19-24(3,4)25-23/h16-18,20H,5-15,19H2,1-4H3. The van der Waals surface area contributed by atoms with Gasteiger partial charge in [-0.25, -0.2) is 0 Å². The summed E-state index contributed by atoms with van der Waals surface area (Å²) in [5.74, 6) is 0.707. The second-order valence-corrected chi connectivity index (χ2v) is 10.5. The highest BCUT2D eigenvalue weighted by Crippen LogP contribution is 2.48. The van der Waals surface area contributed by atoms with E-state index in [9.17, 15) is 0 Å². The Morgan fingerprint density at radius 3 is 2.16 bits per heavy atom. The molecule has 1 aliphatic rings. The molecule has 0 amide bonds. The molecule has 0 N–H and O–H groups in total. The number of thioether (sulfide) groups is 1. The monoisotopic (exact) mass is 360 g/mol. The first-order valence-electron chi connectivity index (χ1n) is 10.8. The number of hydrogen-bond acceptors (Lipinski definition) is 1. The number of rotatable bonds is 11. The first-order chi connectivity index (χ1) is 12.0. The van der Waals surface area contributed by atoms with Gasteiger partial charge in [0.15, 0.2) is 0 Å². The highest BCUT2D eigenvalue weighted by Gasteiger charge is 2.30. The van der Waals surface area contributed by atoms with Gasteiger partial charge in [-0.2, -0.15) is 0 Å². The fourth-order valence-corrected chi connectivity index (χ4v) is 5.68. The van der Waals surface area contributed by atoms with Crippen molar-refractivity contribution in [3.63, 3.8) is 0 Å². The predicted octanol–water partition coefficient (Wildman–Crippen LogP) is 8.53. The van der Waals surface area contributed by atoms with Gasteiger partial charge in [0.05, 0.1) is 0 Å². The van der Waals surface area contributed by atoms with E-state index in [0.29, 0.717) is 10.7 Å². The van der Waals surface area contributed by atoms with Crippen molar-refractivity contribution in [2.45, 2.75) is 120 Å². The van der Waals surface area contributed by atoms with Crippen LogP contribution in [0.4, 0.5) is 0 Å². The van der Waals surface area contributed by atoms with Crippen LogP contribution in [0.1, 0.15) is 115 Å². The molecule has 0 fully saturated rings. The molecule has 2 rings (SSSR count). The molecule has 1 heterocycles. The average Bonchev–Trinajstić information content (AvgIpc) is 2.56. The minimum Gasteiger partial charge on any atom is -0.120 e. The lowest BCUT2D eigenvalue weighted by Crippen LogP contribution is -2.22. The summed E-state index contributed by atoms with van der Waals surface area (Å²) in [6.45, 7) is 9.47. The third kappa shape index (κ3) is 7.37. The van der Waals surface area contributed by atoms with Crippen LogP contribution in [-0.4, -0.2) is 4.75 Å². The van der Waals surface area contributed by atoms with Gasteiger partial charge in [0.1, 0.15) is 0 Å². The molecule has 0 bridgehead atoms. The fraction of sp³-hybridized carbons (Fsp3) is 0.750. The van der Waals surface area contributed by atoms with Gasteiger partial charge in [0.25, 0.3) is 0 Å². The summed E-state index contributed by atoms with van der Waals surface area (Å²) < 4.78 is 0.393. The summed E-state index contributed by atoms with van der Waals surface area (Å²) in [6.07, 6.45) is 16.8. The van der Waals surface area contributed by atoms with Gasteiger partial charge < -0.3 is 0 Å². The van der Waals surface area contributed by atoms with E-state index >= 15 is 0 Å². The van der Waals surface area contributed by atoms with E-state index in [2.05, 4.69) is 57.7 Å². The Kier molecular flexibility index (Phi) is 8.90. The molecule has 0 spiro atoms. The van der Waals surface area contributed by atoms with E-state index in [1.54, 1.807) is 11.1 Å². The number of unbranched alkanes of at least 4 members (excludes halogenated alkanes) is 9. The molecular weight excluding hydrogens is 320 g/mol. The van der Waals surface area contributed by atoms with Gasteiger partial charge in [-0.3, -0.25) is 0 Å². The Morgan fingerprint density at radius 2 is 1.52 bits per heavy atom. The van der Waals surface area contributed by atoms with E-state index in [0.717, 1.165) is 0 Å². The van der Waals surface area contributed by atoms with Crippen molar-refractivity contribution < 1.29 is 0 Å². The van der Waals surface area contributed by atoms with Crippen molar-refractivity contribution in [2.24, 2.45) is 0 Å². The van der Waals surface area contributed by atoms with E-state index in [4.69, 9.17) is 0 Å². The molecule has 0 aromatic heterocycles. The van der Waals surface area contributed by atoms with Crippen molar-refractivity contribution in [1.82, 2.24) is 0 Å². The van der Waals surface area contributed by atoms with Crippen LogP contribution in [0.5, 0.6) is 0 Å². The Bertz CT molecular complexity index is 503. The molecule has 1 aliphatic heterocycles. The third-order valence-electron chi connectivity index (χ3n) is 5.61. The van der Waals surface area contributed by atoms with Crippen molar-refractivity contribution in [3.8, 4) is 0 Å². The van der Waals surface area contributed by atoms with Crippen molar-refractivity contribution in [2.75, 3.05) is 0 Å². The highest BCUT2D eigenvalue weighted by molar-refractivity contribution is 8.00. The molecule has 0 radical (unpaired) electrons. The predicted molar refractivity (Wildman–Crippen MR) is 115 cm³/mol. The quantitative estimate of drug-likeness (QED) is 0.356. The molecule has 0 saturated heterocycles. The molecule has 142 valence electrons. The zero-order chi connectivity index (χ0) is 18.1. The van der Waals surface area contributed by atoms with Crippen LogP contribution in [0.25, 0.3) is 0 Å². The average molecular weight is 361 g/mol. The second-order valence-electron chi connectivity index (χ2n) is 8.77. The first kappa shape index (κ1) is 20.9. The molecule has 0 nitrogen and oxygen atoms in total. The zero-order valence-electron chi connectivity index (χ0n) is 17.2. The maximum absolute atomic E-state index is 2.51. The summed E-state index contributed by atoms with van der Waals surface area (Å²) in [6, 6.07) is 7.28. The molecular formula is C24H40S. The maximum Gasteiger partial charge on any atom is 0.0156 e. The summed E-state index contributed by atoms with van der Waals surface area (Å²) in [5, 5.41) is 0. The molecule has 0 saturated carbocycles. The van der Waals surface area contributed by atoms with Gasteiger partial charge >= 0.3 is 0 Å². The second kappa shape index (κ2) is 10.7. The SMILES string of the molecule is CCCCCCCCCCCCc1ccc2c(c1)C(C)CC(C)(C)S2. The Balaban J connectivity index is 1.63. The van der Waals surface area contributed by atoms with Crippen molar-refractivity contribution >= 4 is 11.8 Å². The minimum absolute atomic E-state index is 0.393. The third-order valence-corrected chi connectivity index (χ3v) is 6.92. The number of hydrogen-bond donors (Lipinski definition) is 0. The molecule has 1 atom stereocenters. The number of benzene rings is 1. The van der Waals surface area contributed by atoms with Gasteiger partial charge in [-0.05, 0) is 42.4 Å². The van der Waals surface area contributed by atoms with Gasteiger partial charge in [-0.15, -0.1) is 11.8 Å². The van der Waals surface area contributed by atoms with Crippen LogP contribution in [0.3, 0.4) is 0 Å². The van der Waals surface area contributed by atoms with E-state index in [1.807, 2.05) is 0 Å². The van der Waals surface area contributed by atoms with Crippen molar-refractivity contribution in [1.29, 1.82) is 0 Å². The Morgan fingerprint density at radius 1 is 0.920 bits per heavy atom. The van der Waals surface area contributed by atoms with Crippen LogP contribution in [0.2, 0.25) is 0 Å². The Labute approximate surface area is 161 Å². The lowest BCUT2D eigenvalue weighted by atomic mass is 9.89. The summed E-state index contributed by atoms with van der Waals surface area (Å²) in [5.41, 5.74) is 3.17. The molecule has 0 aliphatic carbocycles. The lowest BCUT2D eigenvalue weighted by Gasteiger charge is -2.35. The normalized spacial score (nSPS) is 19.0. The largest absolute Gasteiger partial charge is 0.120 e. The van der Waals surface area contributed by atoms with E-state index < -0.39 is 0 Å². The first-order valence-corrected chi connectivity index (χ1v) is 11.7. The van der Waals surface area contributed by atoms with Crippen molar-refractivity contribution in [3.05, 3.63) is 29.3 Å². The maximum atomic E-state index is 2.51. The summed E-state index contributed by atoms with van der Waals surface area (Å²) >= 11 is 2.07. The van der Waals surface area contributed by atoms with Crippen LogP contribution in [0, 0.1) is 0 Å². The van der Waals surface area contributed by atoms with Gasteiger partial charge in [0.2, 0.25) is 0 Å². The minimum atomic E-state index is 0.393. The molecule has 1 unspecified atom stereocenters. The topological polar surface area (TPSA) is 0 Å². The number of fused-ring (bicyclic) bond motifs is 1. The zero-order valence-corrected chi connectivity index (χ0v) is 18.0. The molecule has 25 heavy (non-hydrogen) atoms. The Hall–Kier alpha value is -0.430. The van der Waals surface area contributed by atoms with Gasteiger partial charge in [-0.1, -0.05) is 97.6 Å². The summed E-state index contributed by atoms with van der Waals surface area (Å²) in [7, 11) is 0. The lowest BCUT2D eigenvalue weighted by molar-refractivity contribution is 0.544. The molecule has 1 heteroatoms. The van der Waals surface area contributed by atoms with Crippen LogP contribution in [-0.2, 0) is 6.42 Å². The smallest absolute Gasteiger partial charge is 0.0156 e. The van der Waals surface area contributed by atoms with E-state index in [1.165, 1.54) is 81.9 Å². The molecule has 1 aromatic rings. The highest BCUT2D eigenvalue weighted by atomic mass is 32.2. The summed E-state index contributed by atoms with van der Waals surface area (Å²) in [4.78, 5) is 1.52. The van der Waals surface area contributed by atoms with Gasteiger partial charge in [0, 0.05) is 9.64 Å². The number of aryl methyl sites for hydroxylation is 1. The molecule has 1 aromatic carbocycles. The van der Waals surface area contributed by atoms with E-state index in [-0.39, 0.29) is 0 Å².